The fourth-order valence-electron chi connectivity index (χ4n) is 1.60. The SMILES string of the molecule is Cc1c(N)cccc1SCC1CCOCO1. The Hall–Kier alpha value is -0.710. The summed E-state index contributed by atoms with van der Waals surface area (Å²) in [5, 5.41) is 0. The molecular formula is C12H17NO2S. The predicted molar refractivity (Wildman–Crippen MR) is 66.6 cm³/mol. The maximum absolute atomic E-state index is 5.86. The predicted octanol–water partition coefficient (Wildman–Crippen LogP) is 2.43. The van der Waals surface area contributed by atoms with Gasteiger partial charge >= 0.3 is 0 Å². The van der Waals surface area contributed by atoms with E-state index in [1.165, 1.54) is 10.5 Å². The largest absolute Gasteiger partial charge is 0.398 e. The van der Waals surface area contributed by atoms with Crippen LogP contribution >= 0.6 is 11.8 Å². The van der Waals surface area contributed by atoms with Crippen LogP contribution in [-0.2, 0) is 9.47 Å². The summed E-state index contributed by atoms with van der Waals surface area (Å²) in [6.07, 6.45) is 1.29. The van der Waals surface area contributed by atoms with Crippen LogP contribution in [0.25, 0.3) is 0 Å². The van der Waals surface area contributed by atoms with Crippen molar-refractivity contribution in [2.45, 2.75) is 24.3 Å². The summed E-state index contributed by atoms with van der Waals surface area (Å²) in [7, 11) is 0. The van der Waals surface area contributed by atoms with Crippen molar-refractivity contribution in [3.8, 4) is 0 Å². The summed E-state index contributed by atoms with van der Waals surface area (Å²) >= 11 is 1.81. The second-order valence-electron chi connectivity index (χ2n) is 3.88. The third kappa shape index (κ3) is 2.90. The number of benzene rings is 1. The van der Waals surface area contributed by atoms with Gasteiger partial charge in [-0.1, -0.05) is 6.07 Å². The lowest BCUT2D eigenvalue weighted by molar-refractivity contribution is -0.130. The fraction of sp³-hybridized carbons (Fsp3) is 0.500. The minimum atomic E-state index is 0.305. The fourth-order valence-corrected chi connectivity index (χ4v) is 2.74. The molecule has 1 aromatic carbocycles. The van der Waals surface area contributed by atoms with Crippen LogP contribution in [0.1, 0.15) is 12.0 Å². The van der Waals surface area contributed by atoms with Gasteiger partial charge in [0.1, 0.15) is 6.79 Å². The summed E-state index contributed by atoms with van der Waals surface area (Å²) in [5.74, 6) is 0.966. The standard InChI is InChI=1S/C12H17NO2S/c1-9-11(13)3-2-4-12(9)16-7-10-5-6-14-8-15-10/h2-4,10H,5-8,13H2,1H3. The maximum Gasteiger partial charge on any atom is 0.147 e. The van der Waals surface area contributed by atoms with Gasteiger partial charge in [0.25, 0.3) is 0 Å². The molecule has 3 nitrogen and oxygen atoms in total. The highest BCUT2D eigenvalue weighted by molar-refractivity contribution is 7.99. The molecule has 0 spiro atoms. The molecule has 1 saturated heterocycles. The van der Waals surface area contributed by atoms with Crippen molar-refractivity contribution < 1.29 is 9.47 Å². The van der Waals surface area contributed by atoms with Crippen LogP contribution in [0, 0.1) is 6.92 Å². The van der Waals surface area contributed by atoms with E-state index in [0.29, 0.717) is 12.9 Å². The normalized spacial score (nSPS) is 20.9. The molecule has 1 aliphatic heterocycles. The smallest absolute Gasteiger partial charge is 0.147 e. The average Bonchev–Trinajstić information content (AvgIpc) is 2.32. The number of anilines is 1. The lowest BCUT2D eigenvalue weighted by atomic mass is 10.2. The van der Waals surface area contributed by atoms with E-state index in [9.17, 15) is 0 Å². The van der Waals surface area contributed by atoms with Crippen molar-refractivity contribution in [2.75, 3.05) is 24.9 Å². The molecule has 0 saturated carbocycles. The number of hydrogen-bond donors (Lipinski definition) is 1. The molecule has 16 heavy (non-hydrogen) atoms. The summed E-state index contributed by atoms with van der Waals surface area (Å²) in [5.41, 5.74) is 7.89. The first-order valence-electron chi connectivity index (χ1n) is 5.44. The van der Waals surface area contributed by atoms with E-state index in [2.05, 4.69) is 13.0 Å². The number of nitrogen functional groups attached to an aromatic ring is 1. The molecule has 1 heterocycles. The van der Waals surface area contributed by atoms with Crippen LogP contribution in [0.2, 0.25) is 0 Å². The number of thioether (sulfide) groups is 1. The zero-order chi connectivity index (χ0) is 11.4. The number of rotatable bonds is 3. The molecule has 88 valence electrons. The Bertz CT molecular complexity index is 351. The van der Waals surface area contributed by atoms with Gasteiger partial charge in [-0.3, -0.25) is 0 Å². The van der Waals surface area contributed by atoms with E-state index in [1.807, 2.05) is 23.9 Å². The van der Waals surface area contributed by atoms with Crippen LogP contribution in [0.3, 0.4) is 0 Å². The van der Waals surface area contributed by atoms with Gasteiger partial charge in [0, 0.05) is 16.3 Å². The molecule has 1 aliphatic rings. The molecule has 1 fully saturated rings. The van der Waals surface area contributed by atoms with E-state index in [1.54, 1.807) is 0 Å². The Balaban J connectivity index is 1.91. The maximum atomic E-state index is 5.86. The molecule has 0 radical (unpaired) electrons. The van der Waals surface area contributed by atoms with E-state index < -0.39 is 0 Å². The highest BCUT2D eigenvalue weighted by Gasteiger charge is 2.14. The molecule has 0 aliphatic carbocycles. The van der Waals surface area contributed by atoms with E-state index in [-0.39, 0.29) is 0 Å². The van der Waals surface area contributed by atoms with Crippen LogP contribution in [-0.4, -0.2) is 25.3 Å². The van der Waals surface area contributed by atoms with Gasteiger partial charge in [-0.25, -0.2) is 0 Å². The summed E-state index contributed by atoms with van der Waals surface area (Å²) in [6.45, 7) is 3.30. The lowest BCUT2D eigenvalue weighted by Gasteiger charge is -2.22. The second-order valence-corrected chi connectivity index (χ2v) is 4.95. The Labute approximate surface area is 100 Å². The van der Waals surface area contributed by atoms with E-state index >= 15 is 0 Å². The Kier molecular flexibility index (Phi) is 4.09. The van der Waals surface area contributed by atoms with Crippen LogP contribution in [0.5, 0.6) is 0 Å². The van der Waals surface area contributed by atoms with E-state index in [0.717, 1.165) is 24.5 Å². The third-order valence-electron chi connectivity index (χ3n) is 2.72. The topological polar surface area (TPSA) is 44.5 Å². The van der Waals surface area contributed by atoms with Gasteiger partial charge in [0.2, 0.25) is 0 Å². The number of nitrogens with two attached hydrogens (primary N) is 1. The van der Waals surface area contributed by atoms with Gasteiger partial charge in [-0.2, -0.15) is 0 Å². The van der Waals surface area contributed by atoms with Gasteiger partial charge in [0.05, 0.1) is 12.7 Å². The molecule has 0 amide bonds. The first-order valence-corrected chi connectivity index (χ1v) is 6.43. The minimum absolute atomic E-state index is 0.305. The van der Waals surface area contributed by atoms with Crippen molar-refractivity contribution >= 4 is 17.4 Å². The van der Waals surface area contributed by atoms with Crippen molar-refractivity contribution in [1.29, 1.82) is 0 Å². The average molecular weight is 239 g/mol. The first-order chi connectivity index (χ1) is 7.77. The molecule has 1 unspecified atom stereocenters. The van der Waals surface area contributed by atoms with Crippen molar-refractivity contribution in [3.63, 3.8) is 0 Å². The Morgan fingerprint density at radius 1 is 1.50 bits per heavy atom. The zero-order valence-electron chi connectivity index (χ0n) is 9.44. The van der Waals surface area contributed by atoms with Gasteiger partial charge in [-0.05, 0) is 31.0 Å². The monoisotopic (exact) mass is 239 g/mol. The Morgan fingerprint density at radius 3 is 3.12 bits per heavy atom. The van der Waals surface area contributed by atoms with Crippen LogP contribution in [0.4, 0.5) is 5.69 Å². The van der Waals surface area contributed by atoms with E-state index in [4.69, 9.17) is 15.2 Å². The molecule has 1 atom stereocenters. The quantitative estimate of drug-likeness (QED) is 0.650. The first kappa shape index (κ1) is 11.8. The second kappa shape index (κ2) is 5.57. The third-order valence-corrected chi connectivity index (χ3v) is 4.01. The summed E-state index contributed by atoms with van der Waals surface area (Å²) in [4.78, 5) is 1.25. The summed E-state index contributed by atoms with van der Waals surface area (Å²) in [6, 6.07) is 6.04. The van der Waals surface area contributed by atoms with Crippen molar-refractivity contribution in [3.05, 3.63) is 23.8 Å². The Morgan fingerprint density at radius 2 is 2.38 bits per heavy atom. The zero-order valence-corrected chi connectivity index (χ0v) is 10.3. The molecule has 1 aromatic rings. The van der Waals surface area contributed by atoms with Crippen LogP contribution in [0.15, 0.2) is 23.1 Å². The minimum Gasteiger partial charge on any atom is -0.398 e. The van der Waals surface area contributed by atoms with Gasteiger partial charge < -0.3 is 15.2 Å². The number of ether oxygens (including phenoxy) is 2. The van der Waals surface area contributed by atoms with Crippen molar-refractivity contribution in [1.82, 2.24) is 0 Å². The molecule has 2 rings (SSSR count). The van der Waals surface area contributed by atoms with Gasteiger partial charge in [-0.15, -0.1) is 11.8 Å². The lowest BCUT2D eigenvalue weighted by Crippen LogP contribution is -2.25. The van der Waals surface area contributed by atoms with Crippen molar-refractivity contribution in [2.24, 2.45) is 0 Å². The highest BCUT2D eigenvalue weighted by Crippen LogP contribution is 2.27. The highest BCUT2D eigenvalue weighted by atomic mass is 32.2. The number of hydrogen-bond acceptors (Lipinski definition) is 4. The summed E-state index contributed by atoms with van der Waals surface area (Å²) < 4.78 is 10.6. The van der Waals surface area contributed by atoms with Crippen LogP contribution < -0.4 is 5.73 Å². The molecule has 2 N–H and O–H groups in total. The molecule has 0 bridgehead atoms. The molecule has 4 heteroatoms. The molecule has 0 aromatic heterocycles. The van der Waals surface area contributed by atoms with Gasteiger partial charge in [0.15, 0.2) is 0 Å². The molecular weight excluding hydrogens is 222 g/mol.